The molecule has 0 saturated heterocycles. The Morgan fingerprint density at radius 1 is 0.353 bits per heavy atom. The first kappa shape index (κ1) is 39.1. The van der Waals surface area contributed by atoms with E-state index in [1.807, 2.05) is 66.7 Å². The first-order valence-corrected chi connectivity index (χ1v) is 22.8. The molecule has 0 radical (unpaired) electrons. The summed E-state index contributed by atoms with van der Waals surface area (Å²) in [5, 5.41) is 8.12. The Morgan fingerprint density at radius 3 is 1.50 bits per heavy atom. The van der Waals surface area contributed by atoms with Gasteiger partial charge in [-0.3, -0.25) is 9.13 Å². The van der Waals surface area contributed by atoms with Gasteiger partial charge in [0.05, 0.1) is 44.8 Å². The van der Waals surface area contributed by atoms with E-state index < -0.39 is 6.17 Å². The number of hydrogen-bond donors (Lipinski definition) is 1. The molecule has 0 bridgehead atoms. The summed E-state index contributed by atoms with van der Waals surface area (Å²) >= 11 is 0. The number of para-hydroxylation sites is 2. The minimum atomic E-state index is -0.499. The molecular formula is C60H40N8. The maximum Gasteiger partial charge on any atom is 0.165 e. The summed E-state index contributed by atoms with van der Waals surface area (Å²) in [6.07, 6.45) is -0.499. The Labute approximate surface area is 391 Å². The van der Waals surface area contributed by atoms with Gasteiger partial charge in [-0.2, -0.15) is 0 Å². The average molecular weight is 873 g/mol. The number of fused-ring (bicyclic) bond motifs is 7. The van der Waals surface area contributed by atoms with Gasteiger partial charge in [0, 0.05) is 38.2 Å². The number of aromatic nitrogens is 5. The summed E-state index contributed by atoms with van der Waals surface area (Å²) in [6, 6.07) is 79.6. The van der Waals surface area contributed by atoms with Crippen LogP contribution < -0.4 is 5.32 Å². The Bertz CT molecular complexity index is 3870. The molecule has 0 amide bonds. The lowest BCUT2D eigenvalue weighted by Crippen LogP contribution is -2.34. The number of aliphatic imine (C=N–C) groups is 2. The third-order valence-corrected chi connectivity index (χ3v) is 12.8. The molecule has 0 saturated carbocycles. The lowest BCUT2D eigenvalue weighted by Gasteiger charge is -2.23. The molecule has 5 aromatic heterocycles. The number of hydrogen-bond acceptors (Lipinski definition) is 6. The van der Waals surface area contributed by atoms with Crippen LogP contribution in [0.25, 0.3) is 89.0 Å². The van der Waals surface area contributed by atoms with Crippen LogP contribution >= 0.6 is 0 Å². The van der Waals surface area contributed by atoms with E-state index in [0.29, 0.717) is 5.84 Å². The number of benzene rings is 7. The quantitative estimate of drug-likeness (QED) is 0.165. The molecule has 68 heavy (non-hydrogen) atoms. The third-order valence-electron chi connectivity index (χ3n) is 12.8. The van der Waals surface area contributed by atoms with Crippen molar-refractivity contribution in [2.24, 2.45) is 9.98 Å². The molecule has 8 heteroatoms. The molecular weight excluding hydrogens is 833 g/mol. The number of nitrogens with one attached hydrogen (secondary N) is 1. The molecule has 1 unspecified atom stereocenters. The summed E-state index contributed by atoms with van der Waals surface area (Å²) in [5.74, 6) is 2.95. The molecule has 1 aliphatic heterocycles. The van der Waals surface area contributed by atoms with Gasteiger partial charge in [0.2, 0.25) is 0 Å². The second kappa shape index (κ2) is 16.3. The highest BCUT2D eigenvalue weighted by molar-refractivity contribution is 6.23. The average Bonchev–Trinajstić information content (AvgIpc) is 3.95. The Balaban J connectivity index is 1.01. The van der Waals surface area contributed by atoms with Gasteiger partial charge in [-0.1, -0.05) is 182 Å². The first-order chi connectivity index (χ1) is 33.7. The fourth-order valence-corrected chi connectivity index (χ4v) is 9.66. The fourth-order valence-electron chi connectivity index (χ4n) is 9.66. The number of pyridine rings is 3. The highest BCUT2D eigenvalue weighted by Gasteiger charge is 2.25. The molecule has 7 aromatic carbocycles. The lowest BCUT2D eigenvalue weighted by atomic mass is 10.0. The predicted molar refractivity (Wildman–Crippen MR) is 277 cm³/mol. The third kappa shape index (κ3) is 6.74. The normalized spacial score (nSPS) is 13.7. The summed E-state index contributed by atoms with van der Waals surface area (Å²) in [5.41, 5.74) is 12.6. The van der Waals surface area contributed by atoms with Crippen LogP contribution in [0.1, 0.15) is 23.0 Å². The number of nitrogens with zero attached hydrogens (tertiary/aromatic N) is 7. The van der Waals surface area contributed by atoms with Crippen molar-refractivity contribution in [3.8, 4) is 45.4 Å². The van der Waals surface area contributed by atoms with Gasteiger partial charge in [-0.05, 0) is 59.7 Å². The fraction of sp³-hybridized carbons (Fsp3) is 0.0167. The van der Waals surface area contributed by atoms with Crippen LogP contribution in [-0.2, 0) is 0 Å². The van der Waals surface area contributed by atoms with E-state index >= 15 is 0 Å². The zero-order valence-electron chi connectivity index (χ0n) is 36.6. The molecule has 6 heterocycles. The van der Waals surface area contributed by atoms with Crippen LogP contribution in [0.2, 0.25) is 0 Å². The molecule has 8 nitrogen and oxygen atoms in total. The smallest absolute Gasteiger partial charge is 0.165 e. The monoisotopic (exact) mass is 872 g/mol. The van der Waals surface area contributed by atoms with Crippen molar-refractivity contribution in [1.82, 2.24) is 29.4 Å². The van der Waals surface area contributed by atoms with Crippen LogP contribution in [0.3, 0.4) is 0 Å². The second-order valence-electron chi connectivity index (χ2n) is 16.9. The van der Waals surface area contributed by atoms with Crippen molar-refractivity contribution in [3.63, 3.8) is 0 Å². The molecule has 0 aliphatic carbocycles. The minimum Gasteiger partial charge on any atom is -0.343 e. The van der Waals surface area contributed by atoms with Crippen molar-refractivity contribution in [3.05, 3.63) is 247 Å². The lowest BCUT2D eigenvalue weighted by molar-refractivity contribution is 0.650. The van der Waals surface area contributed by atoms with Crippen LogP contribution in [0.5, 0.6) is 0 Å². The number of rotatable bonds is 8. The van der Waals surface area contributed by atoms with Crippen molar-refractivity contribution in [2.45, 2.75) is 6.17 Å². The van der Waals surface area contributed by atoms with Crippen LogP contribution in [-0.4, -0.2) is 35.8 Å². The molecule has 320 valence electrons. The van der Waals surface area contributed by atoms with E-state index in [-0.39, 0.29) is 0 Å². The van der Waals surface area contributed by atoms with Crippen molar-refractivity contribution < 1.29 is 0 Å². The van der Waals surface area contributed by atoms with Gasteiger partial charge in [-0.25, -0.2) is 24.9 Å². The summed E-state index contributed by atoms with van der Waals surface area (Å²) in [6.45, 7) is 0. The SMILES string of the molecule is c1ccc(C2=NC(c3cccc(-n4c5ccccc5c5ccc6c7ccccc7n(-c7cccc(-c8cc(-c9ccccc9)cc(-c9ccccc9)n8)n7)c6c54)n3)NC(c3ccccc3)=N2)cc1. The van der Waals surface area contributed by atoms with E-state index in [4.69, 9.17) is 24.9 Å². The first-order valence-electron chi connectivity index (χ1n) is 22.8. The van der Waals surface area contributed by atoms with Gasteiger partial charge >= 0.3 is 0 Å². The molecule has 1 aliphatic rings. The molecule has 0 spiro atoms. The van der Waals surface area contributed by atoms with E-state index in [2.05, 4.69) is 178 Å². The van der Waals surface area contributed by atoms with E-state index in [1.165, 1.54) is 0 Å². The Kier molecular flexibility index (Phi) is 9.38. The Morgan fingerprint density at radius 2 is 0.868 bits per heavy atom. The van der Waals surface area contributed by atoms with E-state index in [9.17, 15) is 0 Å². The highest BCUT2D eigenvalue weighted by atomic mass is 15.2. The Hall–Kier alpha value is -9.27. The summed E-state index contributed by atoms with van der Waals surface area (Å²) < 4.78 is 4.63. The largest absolute Gasteiger partial charge is 0.343 e. The minimum absolute atomic E-state index is 0.499. The standard InChI is InChI=1S/C60H40N8/c1-5-19-39(20-6-1)43-37-50(40-21-7-2-8-22-40)61-51(38-43)48-29-17-33-54(62-48)67-52-31-15-13-27-44(52)46-35-36-47-45-28-14-16-32-53(45)68(57(47)56(46)67)55-34-18-30-49(63-55)60-65-58(41-23-9-3-10-24-41)64-59(66-60)42-25-11-4-12-26-42/h1-38,60H,(H,64,65,66). The zero-order chi connectivity index (χ0) is 45.0. The zero-order valence-corrected chi connectivity index (χ0v) is 36.6. The van der Waals surface area contributed by atoms with Gasteiger partial charge < -0.3 is 5.32 Å². The maximum absolute atomic E-state index is 5.50. The number of amidine groups is 2. The molecule has 1 atom stereocenters. The second-order valence-corrected chi connectivity index (χ2v) is 16.9. The van der Waals surface area contributed by atoms with Crippen LogP contribution in [0.4, 0.5) is 0 Å². The summed E-state index contributed by atoms with van der Waals surface area (Å²) in [7, 11) is 0. The van der Waals surface area contributed by atoms with E-state index in [1.54, 1.807) is 0 Å². The van der Waals surface area contributed by atoms with E-state index in [0.717, 1.165) is 112 Å². The predicted octanol–water partition coefficient (Wildman–Crippen LogP) is 13.6. The van der Waals surface area contributed by atoms with Gasteiger partial charge in [0.25, 0.3) is 0 Å². The molecule has 13 rings (SSSR count). The topological polar surface area (TPSA) is 85.3 Å². The highest BCUT2D eigenvalue weighted by Crippen LogP contribution is 2.42. The maximum atomic E-state index is 5.50. The molecule has 1 N–H and O–H groups in total. The van der Waals surface area contributed by atoms with Crippen LogP contribution in [0, 0.1) is 0 Å². The van der Waals surface area contributed by atoms with Crippen molar-refractivity contribution in [2.75, 3.05) is 0 Å². The summed E-state index contributed by atoms with van der Waals surface area (Å²) in [4.78, 5) is 26.4. The molecule has 12 aromatic rings. The van der Waals surface area contributed by atoms with Gasteiger partial charge in [-0.15, -0.1) is 0 Å². The van der Waals surface area contributed by atoms with Crippen molar-refractivity contribution in [1.29, 1.82) is 0 Å². The van der Waals surface area contributed by atoms with Gasteiger partial charge in [0.15, 0.2) is 12.0 Å². The molecule has 0 fully saturated rings. The van der Waals surface area contributed by atoms with Crippen molar-refractivity contribution >= 4 is 55.3 Å². The van der Waals surface area contributed by atoms with Crippen LogP contribution in [0.15, 0.2) is 241 Å². The van der Waals surface area contributed by atoms with Gasteiger partial charge in [0.1, 0.15) is 17.5 Å².